The summed E-state index contributed by atoms with van der Waals surface area (Å²) in [5.41, 5.74) is 0.946. The second-order valence-corrected chi connectivity index (χ2v) is 7.68. The normalized spacial score (nSPS) is 15.8. The third-order valence-electron chi connectivity index (χ3n) is 5.42. The van der Waals surface area contributed by atoms with E-state index in [-0.39, 0.29) is 18.2 Å². The molecule has 4 rings (SSSR count). The molecule has 1 aliphatic rings. The minimum absolute atomic E-state index is 0.0994. The molecule has 1 atom stereocenters. The highest BCUT2D eigenvalue weighted by Crippen LogP contribution is 2.23. The number of ether oxygens (including phenoxy) is 1. The third-order valence-corrected chi connectivity index (χ3v) is 5.42. The van der Waals surface area contributed by atoms with Gasteiger partial charge in [-0.15, -0.1) is 0 Å². The number of Topliss-reactive ketones (excluding diaryl/α,β-unsaturated/α-hetero) is 1. The molecule has 0 aliphatic carbocycles. The summed E-state index contributed by atoms with van der Waals surface area (Å²) in [4.78, 5) is 39.8. The predicted molar refractivity (Wildman–Crippen MR) is 121 cm³/mol. The SMILES string of the molecule is O=C(CN1CCC[C@@H]1C(=O)NC(=O)c1ccccc1)c1cccc(Oc2ccccc2)c1. The van der Waals surface area contributed by atoms with Crippen molar-refractivity contribution in [2.24, 2.45) is 0 Å². The van der Waals surface area contributed by atoms with Gasteiger partial charge in [-0.3, -0.25) is 24.6 Å². The van der Waals surface area contributed by atoms with Crippen molar-refractivity contribution >= 4 is 17.6 Å². The van der Waals surface area contributed by atoms with Gasteiger partial charge in [0, 0.05) is 11.1 Å². The fourth-order valence-corrected chi connectivity index (χ4v) is 3.80. The third kappa shape index (κ3) is 5.28. The van der Waals surface area contributed by atoms with E-state index < -0.39 is 11.9 Å². The summed E-state index contributed by atoms with van der Waals surface area (Å²) in [5, 5.41) is 2.47. The van der Waals surface area contributed by atoms with Crippen LogP contribution in [0.1, 0.15) is 33.6 Å². The molecule has 0 spiro atoms. The van der Waals surface area contributed by atoms with Gasteiger partial charge < -0.3 is 4.74 Å². The summed E-state index contributed by atoms with van der Waals surface area (Å²) < 4.78 is 5.82. The number of hydrogen-bond donors (Lipinski definition) is 1. The molecule has 0 unspecified atom stereocenters. The smallest absolute Gasteiger partial charge is 0.257 e. The van der Waals surface area contributed by atoms with Crippen LogP contribution in [0.2, 0.25) is 0 Å². The predicted octanol–water partition coefficient (Wildman–Crippen LogP) is 4.08. The molecule has 1 heterocycles. The lowest BCUT2D eigenvalue weighted by Crippen LogP contribution is -2.46. The number of carbonyl (C=O) groups is 3. The van der Waals surface area contributed by atoms with Crippen LogP contribution in [0.4, 0.5) is 0 Å². The zero-order valence-electron chi connectivity index (χ0n) is 17.6. The zero-order chi connectivity index (χ0) is 22.3. The first-order valence-corrected chi connectivity index (χ1v) is 10.6. The molecule has 1 saturated heterocycles. The molecule has 0 saturated carbocycles. The summed E-state index contributed by atoms with van der Waals surface area (Å²) >= 11 is 0. The van der Waals surface area contributed by atoms with Gasteiger partial charge >= 0.3 is 0 Å². The van der Waals surface area contributed by atoms with Crippen LogP contribution >= 0.6 is 0 Å². The molecular formula is C26H24N2O4. The Labute approximate surface area is 186 Å². The number of imide groups is 1. The maximum Gasteiger partial charge on any atom is 0.257 e. The van der Waals surface area contributed by atoms with E-state index in [1.807, 2.05) is 41.3 Å². The lowest BCUT2D eigenvalue weighted by Gasteiger charge is -2.22. The van der Waals surface area contributed by atoms with E-state index in [2.05, 4.69) is 5.32 Å². The summed E-state index contributed by atoms with van der Waals surface area (Å²) in [6, 6.07) is 24.5. The van der Waals surface area contributed by atoms with Crippen LogP contribution in [0.25, 0.3) is 0 Å². The monoisotopic (exact) mass is 428 g/mol. The van der Waals surface area contributed by atoms with Gasteiger partial charge in [0.1, 0.15) is 11.5 Å². The molecule has 1 fully saturated rings. The number of para-hydroxylation sites is 1. The number of carbonyl (C=O) groups excluding carboxylic acids is 3. The number of benzene rings is 3. The lowest BCUT2D eigenvalue weighted by atomic mass is 10.1. The number of hydrogen-bond acceptors (Lipinski definition) is 5. The Morgan fingerprint density at radius 3 is 2.25 bits per heavy atom. The molecule has 6 nitrogen and oxygen atoms in total. The minimum Gasteiger partial charge on any atom is -0.457 e. The Bertz CT molecular complexity index is 1100. The van der Waals surface area contributed by atoms with E-state index in [9.17, 15) is 14.4 Å². The fraction of sp³-hybridized carbons (Fsp3) is 0.192. The van der Waals surface area contributed by atoms with Crippen molar-refractivity contribution in [1.82, 2.24) is 10.2 Å². The summed E-state index contributed by atoms with van der Waals surface area (Å²) in [7, 11) is 0. The average Bonchev–Trinajstić information content (AvgIpc) is 3.29. The molecule has 0 radical (unpaired) electrons. The molecule has 1 aliphatic heterocycles. The number of ketones is 1. The van der Waals surface area contributed by atoms with Crippen molar-refractivity contribution in [3.8, 4) is 11.5 Å². The van der Waals surface area contributed by atoms with Crippen molar-refractivity contribution < 1.29 is 19.1 Å². The molecule has 6 heteroatoms. The molecule has 3 aromatic carbocycles. The molecule has 2 amide bonds. The van der Waals surface area contributed by atoms with Crippen LogP contribution in [0.5, 0.6) is 11.5 Å². The van der Waals surface area contributed by atoms with Gasteiger partial charge in [0.05, 0.1) is 12.6 Å². The Morgan fingerprint density at radius 2 is 1.50 bits per heavy atom. The van der Waals surface area contributed by atoms with E-state index in [0.717, 1.165) is 6.42 Å². The Kier molecular flexibility index (Phi) is 6.72. The van der Waals surface area contributed by atoms with Gasteiger partial charge in [0.15, 0.2) is 5.78 Å². The summed E-state index contributed by atoms with van der Waals surface area (Å²) in [5.74, 6) is 0.366. The number of amides is 2. The molecule has 1 N–H and O–H groups in total. The zero-order valence-corrected chi connectivity index (χ0v) is 17.6. The Morgan fingerprint density at radius 1 is 0.844 bits per heavy atom. The van der Waals surface area contributed by atoms with Crippen molar-refractivity contribution in [3.05, 3.63) is 96.1 Å². The van der Waals surface area contributed by atoms with Crippen molar-refractivity contribution in [1.29, 1.82) is 0 Å². The van der Waals surface area contributed by atoms with Gasteiger partial charge in [0.2, 0.25) is 5.91 Å². The van der Waals surface area contributed by atoms with Crippen LogP contribution in [0, 0.1) is 0 Å². The van der Waals surface area contributed by atoms with Gasteiger partial charge in [-0.2, -0.15) is 0 Å². The quantitative estimate of drug-likeness (QED) is 0.453. The standard InChI is InChI=1S/C26H24N2O4/c29-24(20-11-7-14-22(17-20)32-21-12-5-2-6-13-21)18-28-16-8-15-23(28)26(31)27-25(30)19-9-3-1-4-10-19/h1-7,9-14,17,23H,8,15-16,18H2,(H,27,30,31)/t23-/m1/s1. The van der Waals surface area contributed by atoms with Crippen LogP contribution in [0.3, 0.4) is 0 Å². The van der Waals surface area contributed by atoms with Gasteiger partial charge in [-0.05, 0) is 55.8 Å². The van der Waals surface area contributed by atoms with E-state index in [1.54, 1.807) is 48.5 Å². The minimum atomic E-state index is -0.504. The fourth-order valence-electron chi connectivity index (χ4n) is 3.80. The molecule has 162 valence electrons. The van der Waals surface area contributed by atoms with Crippen molar-refractivity contribution in [3.63, 3.8) is 0 Å². The van der Waals surface area contributed by atoms with Crippen molar-refractivity contribution in [2.45, 2.75) is 18.9 Å². The largest absolute Gasteiger partial charge is 0.457 e. The second kappa shape index (κ2) is 10.0. The number of likely N-dealkylation sites (tertiary alicyclic amines) is 1. The highest BCUT2D eigenvalue weighted by molar-refractivity contribution is 6.06. The maximum absolute atomic E-state index is 12.9. The van der Waals surface area contributed by atoms with E-state index in [1.165, 1.54) is 0 Å². The molecule has 0 bridgehead atoms. The van der Waals surface area contributed by atoms with E-state index >= 15 is 0 Å². The first-order chi connectivity index (χ1) is 15.6. The Balaban J connectivity index is 1.38. The number of nitrogens with zero attached hydrogens (tertiary/aromatic N) is 1. The van der Waals surface area contributed by atoms with Crippen LogP contribution < -0.4 is 10.1 Å². The van der Waals surface area contributed by atoms with Crippen LogP contribution in [-0.2, 0) is 4.79 Å². The summed E-state index contributed by atoms with van der Waals surface area (Å²) in [6.07, 6.45) is 1.40. The number of nitrogens with one attached hydrogen (secondary N) is 1. The maximum atomic E-state index is 12.9. The lowest BCUT2D eigenvalue weighted by molar-refractivity contribution is -0.124. The van der Waals surface area contributed by atoms with Gasteiger partial charge in [-0.25, -0.2) is 0 Å². The highest BCUT2D eigenvalue weighted by atomic mass is 16.5. The van der Waals surface area contributed by atoms with E-state index in [0.29, 0.717) is 35.6 Å². The average molecular weight is 428 g/mol. The molecule has 32 heavy (non-hydrogen) atoms. The summed E-state index contributed by atoms with van der Waals surface area (Å²) in [6.45, 7) is 0.732. The molecule has 0 aromatic heterocycles. The highest BCUT2D eigenvalue weighted by Gasteiger charge is 2.33. The van der Waals surface area contributed by atoms with Crippen LogP contribution in [0.15, 0.2) is 84.9 Å². The topological polar surface area (TPSA) is 75.7 Å². The van der Waals surface area contributed by atoms with Gasteiger partial charge in [-0.1, -0.05) is 48.5 Å². The molecule has 3 aromatic rings. The van der Waals surface area contributed by atoms with E-state index in [4.69, 9.17) is 4.74 Å². The second-order valence-electron chi connectivity index (χ2n) is 7.68. The van der Waals surface area contributed by atoms with Gasteiger partial charge in [0.25, 0.3) is 5.91 Å². The Hall–Kier alpha value is -3.77. The molecular weight excluding hydrogens is 404 g/mol. The van der Waals surface area contributed by atoms with Crippen LogP contribution in [-0.4, -0.2) is 41.6 Å². The first-order valence-electron chi connectivity index (χ1n) is 10.6. The first kappa shape index (κ1) is 21.5. The van der Waals surface area contributed by atoms with Crippen molar-refractivity contribution in [2.75, 3.05) is 13.1 Å². The number of rotatable bonds is 7.